The molecule has 0 radical (unpaired) electrons. The third-order valence-corrected chi connectivity index (χ3v) is 14.0. The van der Waals surface area contributed by atoms with Gasteiger partial charge in [-0.05, 0) is 123 Å². The number of aliphatic hydroxyl groups is 1. The number of alkyl halides is 3. The van der Waals surface area contributed by atoms with Gasteiger partial charge in [0.1, 0.15) is 42.3 Å². The molecule has 74 heavy (non-hydrogen) atoms. The van der Waals surface area contributed by atoms with Crippen molar-refractivity contribution in [2.45, 2.75) is 97.3 Å². The highest BCUT2D eigenvalue weighted by molar-refractivity contribution is 7.81. The van der Waals surface area contributed by atoms with Crippen molar-refractivity contribution in [1.82, 2.24) is 20.5 Å². The average Bonchev–Trinajstić information content (AvgIpc) is 4.02. The minimum absolute atomic E-state index is 0.00957. The van der Waals surface area contributed by atoms with Gasteiger partial charge in [0.05, 0.1) is 58.3 Å². The molecular formula is C54H58F3N7O8S2. The summed E-state index contributed by atoms with van der Waals surface area (Å²) < 4.78 is 58.8. The van der Waals surface area contributed by atoms with E-state index in [9.17, 15) is 42.7 Å². The quantitative estimate of drug-likeness (QED) is 0.0533. The van der Waals surface area contributed by atoms with Crippen LogP contribution >= 0.6 is 23.6 Å². The van der Waals surface area contributed by atoms with Crippen LogP contribution in [0, 0.1) is 23.7 Å². The summed E-state index contributed by atoms with van der Waals surface area (Å²) in [7, 11) is 0. The minimum Gasteiger partial charge on any atom is -0.494 e. The lowest BCUT2D eigenvalue weighted by Gasteiger charge is -2.35. The lowest BCUT2D eigenvalue weighted by molar-refractivity contribution is -0.144. The Kier molecular flexibility index (Phi) is 17.1. The topological polar surface area (TPSA) is 187 Å². The van der Waals surface area contributed by atoms with Gasteiger partial charge in [-0.2, -0.15) is 18.4 Å². The summed E-state index contributed by atoms with van der Waals surface area (Å²) in [5, 5.41) is 25.5. The number of thiazole rings is 1. The number of anilines is 2. The monoisotopic (exact) mass is 1050 g/mol. The molecule has 3 N–H and O–H groups in total. The van der Waals surface area contributed by atoms with E-state index < -0.39 is 70.1 Å². The lowest BCUT2D eigenvalue weighted by Crippen LogP contribution is -2.58. The third-order valence-electron chi connectivity index (χ3n) is 12.7. The van der Waals surface area contributed by atoms with Gasteiger partial charge in [0.15, 0.2) is 5.11 Å². The van der Waals surface area contributed by atoms with E-state index in [1.165, 1.54) is 11.0 Å². The van der Waals surface area contributed by atoms with Crippen LogP contribution in [-0.2, 0) is 43.1 Å². The number of hydrogen-bond acceptors (Lipinski definition) is 12. The molecule has 0 saturated carbocycles. The molecule has 0 bridgehead atoms. The fourth-order valence-electron chi connectivity index (χ4n) is 8.77. The fourth-order valence-corrected chi connectivity index (χ4v) is 10.1. The standard InChI is InChI=1S/C54H58F3N7O8S2/c1-33-46(74-32-60-33)36-14-12-35(13-15-36)29-59-48(67)44-27-40(65)30-62(44)49(68)47(52(2,3)4)61-45(66)31-70-23-24-72-42-11-7-9-34(25-42)10-8-22-71-41-20-18-38(19-21-41)64-51(73)63(50(69)53(64,5)6)39-17-16-37(28-58)43(26-39)54(55,56)57/h7,9,11-21,25-26,32,40,44,47,65H,8,10,22-24,27,29-31H2,1-6H3,(H,59,67)(H,61,66)/t40-,44+,47-/m1/s1. The summed E-state index contributed by atoms with van der Waals surface area (Å²) in [6.45, 7) is 11.1. The molecule has 2 fully saturated rings. The SMILES string of the molecule is Cc1ncsc1-c1ccc(CNC(=O)[C@@H]2C[C@@H](O)CN2C(=O)[C@@H](NC(=O)COCCOc2cccc(CCCOc3ccc(N4C(=S)N(c5ccc(C#N)c(C(F)(F)F)c5)C(=O)C4(C)C)cc3)c2)C(C)(C)C)cc1. The molecule has 4 aromatic carbocycles. The van der Waals surface area contributed by atoms with Gasteiger partial charge in [-0.25, -0.2) is 4.98 Å². The second-order valence-corrected chi connectivity index (χ2v) is 20.8. The zero-order valence-corrected chi connectivity index (χ0v) is 43.5. The predicted octanol–water partition coefficient (Wildman–Crippen LogP) is 8.14. The van der Waals surface area contributed by atoms with Crippen molar-refractivity contribution in [3.63, 3.8) is 0 Å². The highest BCUT2D eigenvalue weighted by Gasteiger charge is 2.51. The molecule has 2 saturated heterocycles. The maximum absolute atomic E-state index is 14.0. The summed E-state index contributed by atoms with van der Waals surface area (Å²) in [5.74, 6) is -0.748. The number of nitrogens with zero attached hydrogens (tertiary/aromatic N) is 5. The van der Waals surface area contributed by atoms with Crippen LogP contribution in [0.25, 0.3) is 10.4 Å². The Labute approximate surface area is 437 Å². The highest BCUT2D eigenvalue weighted by Crippen LogP contribution is 2.40. The summed E-state index contributed by atoms with van der Waals surface area (Å²) in [4.78, 5) is 63.6. The third kappa shape index (κ3) is 12.9. The number of aliphatic hydroxyl groups excluding tert-OH is 1. The summed E-state index contributed by atoms with van der Waals surface area (Å²) in [6.07, 6.45) is -4.31. The van der Waals surface area contributed by atoms with Gasteiger partial charge < -0.3 is 39.8 Å². The molecule has 0 unspecified atom stereocenters. The van der Waals surface area contributed by atoms with Gasteiger partial charge in [-0.1, -0.05) is 57.2 Å². The number of ether oxygens (including phenoxy) is 3. The number of aryl methyl sites for hydroxylation is 2. The maximum Gasteiger partial charge on any atom is 0.417 e. The number of hydrogen-bond donors (Lipinski definition) is 3. The number of nitrogens with one attached hydrogen (secondary N) is 2. The number of carbonyl (C=O) groups is 4. The van der Waals surface area contributed by atoms with Crippen molar-refractivity contribution in [2.75, 3.05) is 42.8 Å². The fraction of sp³-hybridized carbons (Fsp3) is 0.389. The van der Waals surface area contributed by atoms with Crippen molar-refractivity contribution in [3.8, 4) is 28.0 Å². The first kappa shape index (κ1) is 54.8. The molecule has 0 spiro atoms. The first-order valence-corrected chi connectivity index (χ1v) is 25.2. The number of halogens is 3. The second-order valence-electron chi connectivity index (χ2n) is 19.6. The number of rotatable bonds is 19. The Hall–Kier alpha value is -6.92. The second kappa shape index (κ2) is 23.1. The minimum atomic E-state index is -4.81. The Morgan fingerprint density at radius 3 is 2.31 bits per heavy atom. The smallest absolute Gasteiger partial charge is 0.417 e. The van der Waals surface area contributed by atoms with Gasteiger partial charge in [0.2, 0.25) is 17.7 Å². The average molecular weight is 1050 g/mol. The van der Waals surface area contributed by atoms with E-state index in [1.54, 1.807) is 65.9 Å². The van der Waals surface area contributed by atoms with Crippen LogP contribution in [0.4, 0.5) is 24.5 Å². The van der Waals surface area contributed by atoms with Crippen molar-refractivity contribution >= 4 is 63.7 Å². The Bertz CT molecular complexity index is 2900. The van der Waals surface area contributed by atoms with Gasteiger partial charge in [-0.3, -0.25) is 24.1 Å². The number of aromatic nitrogens is 1. The van der Waals surface area contributed by atoms with Crippen LogP contribution in [0.3, 0.4) is 0 Å². The zero-order valence-electron chi connectivity index (χ0n) is 41.8. The Morgan fingerprint density at radius 1 is 0.946 bits per heavy atom. The van der Waals surface area contributed by atoms with Crippen LogP contribution in [0.2, 0.25) is 0 Å². The number of thiocarbonyl (C=S) groups is 1. The van der Waals surface area contributed by atoms with Gasteiger partial charge in [0, 0.05) is 25.2 Å². The van der Waals surface area contributed by atoms with Gasteiger partial charge in [-0.15, -0.1) is 11.3 Å². The van der Waals surface area contributed by atoms with E-state index in [0.29, 0.717) is 36.6 Å². The molecular weight excluding hydrogens is 996 g/mol. The molecule has 2 aliphatic rings. The molecule has 0 aliphatic carbocycles. The van der Waals surface area contributed by atoms with Crippen molar-refractivity contribution in [3.05, 3.63) is 124 Å². The molecule has 5 aromatic rings. The van der Waals surface area contributed by atoms with E-state index >= 15 is 0 Å². The molecule has 7 rings (SSSR count). The van der Waals surface area contributed by atoms with Crippen LogP contribution in [0.5, 0.6) is 11.5 Å². The highest BCUT2D eigenvalue weighted by atomic mass is 32.1. The maximum atomic E-state index is 14.0. The Balaban J connectivity index is 0.828. The van der Waals surface area contributed by atoms with Crippen molar-refractivity contribution in [2.24, 2.45) is 5.41 Å². The number of β-amino-alcohol motifs (C(OH)–C–C–N with tert-alkyl or cyclic N) is 1. The summed E-state index contributed by atoms with van der Waals surface area (Å²) >= 11 is 7.20. The normalized spacial score (nSPS) is 17.0. The molecule has 20 heteroatoms. The van der Waals surface area contributed by atoms with E-state index in [-0.39, 0.29) is 50.1 Å². The molecule has 390 valence electrons. The van der Waals surface area contributed by atoms with Crippen LogP contribution in [0.1, 0.15) is 75.4 Å². The number of carbonyl (C=O) groups excluding carboxylic acids is 4. The number of likely N-dealkylation sites (tertiary alicyclic amines) is 1. The van der Waals surface area contributed by atoms with Crippen LogP contribution in [0.15, 0.2) is 96.5 Å². The molecule has 2 aliphatic heterocycles. The van der Waals surface area contributed by atoms with Gasteiger partial charge in [0.25, 0.3) is 5.91 Å². The van der Waals surface area contributed by atoms with E-state index in [0.717, 1.165) is 44.3 Å². The molecule has 1 aromatic heterocycles. The van der Waals surface area contributed by atoms with Crippen molar-refractivity contribution in [1.29, 1.82) is 5.26 Å². The summed E-state index contributed by atoms with van der Waals surface area (Å²) in [5.41, 5.74) is 2.41. The largest absolute Gasteiger partial charge is 0.494 e. The number of benzene rings is 4. The van der Waals surface area contributed by atoms with E-state index in [4.69, 9.17) is 26.4 Å². The molecule has 3 atom stereocenters. The molecule has 4 amide bonds. The number of nitriles is 1. The van der Waals surface area contributed by atoms with Crippen molar-refractivity contribution < 1.29 is 51.7 Å². The van der Waals surface area contributed by atoms with Crippen LogP contribution < -0.4 is 29.9 Å². The number of amides is 4. The summed E-state index contributed by atoms with van der Waals surface area (Å²) in [6, 6.07) is 24.9. The van der Waals surface area contributed by atoms with E-state index in [1.807, 2.05) is 76.2 Å². The molecule has 3 heterocycles. The van der Waals surface area contributed by atoms with Gasteiger partial charge >= 0.3 is 6.18 Å². The predicted molar refractivity (Wildman–Crippen MR) is 277 cm³/mol. The lowest BCUT2D eigenvalue weighted by atomic mass is 9.85. The first-order chi connectivity index (χ1) is 35.1. The van der Waals surface area contributed by atoms with Crippen LogP contribution in [-0.4, -0.2) is 100 Å². The molecule has 15 nitrogen and oxygen atoms in total. The zero-order chi connectivity index (χ0) is 53.5. The van der Waals surface area contributed by atoms with E-state index in [2.05, 4.69) is 15.6 Å². The Morgan fingerprint density at radius 2 is 1.65 bits per heavy atom. The first-order valence-electron chi connectivity index (χ1n) is 23.9.